The van der Waals surface area contributed by atoms with Gasteiger partial charge in [0, 0.05) is 25.6 Å². The number of carbonyl (C=O) groups is 1. The molecule has 0 bridgehead atoms. The van der Waals surface area contributed by atoms with Crippen LogP contribution >= 0.6 is 0 Å². The molecule has 1 heterocycles. The third-order valence-corrected chi connectivity index (χ3v) is 4.04. The van der Waals surface area contributed by atoms with Gasteiger partial charge in [0.1, 0.15) is 0 Å². The minimum Gasteiger partial charge on any atom is -0.341 e. The van der Waals surface area contributed by atoms with Crippen LogP contribution in [0.2, 0.25) is 0 Å². The molecule has 17 heavy (non-hydrogen) atoms. The predicted molar refractivity (Wildman–Crippen MR) is 71.7 cm³/mol. The van der Waals surface area contributed by atoms with Crippen LogP contribution in [0.3, 0.4) is 0 Å². The molecular weight excluding hydrogens is 212 g/mol. The van der Waals surface area contributed by atoms with E-state index in [0.29, 0.717) is 12.3 Å². The molecule has 100 valence electrons. The number of nitrogens with zero attached hydrogens (tertiary/aromatic N) is 1. The Morgan fingerprint density at radius 2 is 2.06 bits per heavy atom. The van der Waals surface area contributed by atoms with Crippen LogP contribution in [0.25, 0.3) is 0 Å². The quantitative estimate of drug-likeness (QED) is 0.751. The van der Waals surface area contributed by atoms with Gasteiger partial charge in [0.25, 0.3) is 0 Å². The van der Waals surface area contributed by atoms with Gasteiger partial charge >= 0.3 is 0 Å². The van der Waals surface area contributed by atoms with Crippen LogP contribution in [0.1, 0.15) is 59.3 Å². The highest BCUT2D eigenvalue weighted by Crippen LogP contribution is 2.29. The minimum atomic E-state index is 0.121. The largest absolute Gasteiger partial charge is 0.341 e. The fourth-order valence-corrected chi connectivity index (χ4v) is 2.27. The van der Waals surface area contributed by atoms with Gasteiger partial charge in [0.2, 0.25) is 5.91 Å². The van der Waals surface area contributed by atoms with E-state index in [-0.39, 0.29) is 11.5 Å². The number of amides is 1. The summed E-state index contributed by atoms with van der Waals surface area (Å²) in [5, 5.41) is 0. The van der Waals surface area contributed by atoms with Crippen molar-refractivity contribution in [2.75, 3.05) is 13.1 Å². The highest BCUT2D eigenvalue weighted by molar-refractivity contribution is 5.76. The number of likely N-dealkylation sites (tertiary alicyclic amines) is 1. The van der Waals surface area contributed by atoms with Crippen LogP contribution in [-0.2, 0) is 4.79 Å². The number of hydrogen-bond acceptors (Lipinski definition) is 2. The van der Waals surface area contributed by atoms with Gasteiger partial charge in [-0.15, -0.1) is 0 Å². The fraction of sp³-hybridized carbons (Fsp3) is 0.929. The molecule has 1 amide bonds. The van der Waals surface area contributed by atoms with Crippen LogP contribution in [-0.4, -0.2) is 29.9 Å². The lowest BCUT2D eigenvalue weighted by molar-refractivity contribution is -0.133. The van der Waals surface area contributed by atoms with Gasteiger partial charge in [-0.1, -0.05) is 40.0 Å². The van der Waals surface area contributed by atoms with Crippen molar-refractivity contribution in [3.63, 3.8) is 0 Å². The van der Waals surface area contributed by atoms with Gasteiger partial charge in [0.15, 0.2) is 0 Å². The Balaban J connectivity index is 2.29. The molecule has 3 heteroatoms. The van der Waals surface area contributed by atoms with Crippen LogP contribution in [0.5, 0.6) is 0 Å². The highest BCUT2D eigenvalue weighted by atomic mass is 16.2. The molecule has 1 saturated heterocycles. The molecular formula is C14H28N2O. The summed E-state index contributed by atoms with van der Waals surface area (Å²) in [6.45, 7) is 8.20. The summed E-state index contributed by atoms with van der Waals surface area (Å²) in [5.74, 6) is 0.298. The number of carbonyl (C=O) groups excluding carboxylic acids is 1. The normalized spacial score (nSPS) is 23.8. The average Bonchev–Trinajstić information content (AvgIpc) is 2.28. The van der Waals surface area contributed by atoms with Crippen molar-refractivity contribution in [1.82, 2.24) is 4.90 Å². The topological polar surface area (TPSA) is 46.3 Å². The maximum absolute atomic E-state index is 12.0. The van der Waals surface area contributed by atoms with Crippen LogP contribution in [0, 0.1) is 5.41 Å². The van der Waals surface area contributed by atoms with E-state index in [9.17, 15) is 4.79 Å². The van der Waals surface area contributed by atoms with E-state index in [0.717, 1.165) is 25.9 Å². The lowest BCUT2D eigenvalue weighted by Crippen LogP contribution is -2.54. The lowest BCUT2D eigenvalue weighted by atomic mass is 9.78. The van der Waals surface area contributed by atoms with Crippen molar-refractivity contribution in [3.05, 3.63) is 0 Å². The van der Waals surface area contributed by atoms with Crippen molar-refractivity contribution in [3.8, 4) is 0 Å². The minimum absolute atomic E-state index is 0.121. The van der Waals surface area contributed by atoms with E-state index in [1.165, 1.54) is 19.3 Å². The third kappa shape index (κ3) is 4.30. The van der Waals surface area contributed by atoms with Gasteiger partial charge in [-0.25, -0.2) is 0 Å². The number of unbranched alkanes of at least 4 members (excludes halogenated alkanes) is 3. The van der Waals surface area contributed by atoms with E-state index >= 15 is 0 Å². The van der Waals surface area contributed by atoms with Crippen LogP contribution in [0.4, 0.5) is 0 Å². The summed E-state index contributed by atoms with van der Waals surface area (Å²) in [7, 11) is 0. The lowest BCUT2D eigenvalue weighted by Gasteiger charge is -2.42. The van der Waals surface area contributed by atoms with Gasteiger partial charge in [-0.2, -0.15) is 0 Å². The summed E-state index contributed by atoms with van der Waals surface area (Å²) < 4.78 is 0. The second-order valence-corrected chi connectivity index (χ2v) is 6.00. The second kappa shape index (κ2) is 6.39. The first-order valence-corrected chi connectivity index (χ1v) is 7.00. The summed E-state index contributed by atoms with van der Waals surface area (Å²) in [4.78, 5) is 13.9. The van der Waals surface area contributed by atoms with Crippen molar-refractivity contribution in [2.45, 2.75) is 65.3 Å². The summed E-state index contributed by atoms with van der Waals surface area (Å²) >= 11 is 0. The first-order valence-electron chi connectivity index (χ1n) is 7.00. The molecule has 0 aromatic heterocycles. The Morgan fingerprint density at radius 1 is 1.35 bits per heavy atom. The SMILES string of the molecule is CCCCCCC(=O)N1CCC(C)(C)C(N)C1. The van der Waals surface area contributed by atoms with Crippen molar-refractivity contribution in [2.24, 2.45) is 11.1 Å². The Kier molecular flexibility index (Phi) is 5.44. The molecule has 1 aliphatic rings. The summed E-state index contributed by atoms with van der Waals surface area (Å²) in [5.41, 5.74) is 6.30. The molecule has 1 rings (SSSR count). The first kappa shape index (κ1) is 14.5. The zero-order valence-corrected chi connectivity index (χ0v) is 11.7. The number of rotatable bonds is 5. The zero-order chi connectivity index (χ0) is 12.9. The average molecular weight is 240 g/mol. The van der Waals surface area contributed by atoms with Crippen LogP contribution < -0.4 is 5.73 Å². The molecule has 0 aliphatic carbocycles. The Hall–Kier alpha value is -0.570. The maximum atomic E-state index is 12.0. The van der Waals surface area contributed by atoms with Gasteiger partial charge in [-0.05, 0) is 18.3 Å². The van der Waals surface area contributed by atoms with Gasteiger partial charge < -0.3 is 10.6 Å². The molecule has 0 aromatic rings. The smallest absolute Gasteiger partial charge is 0.222 e. The Labute approximate surface area is 106 Å². The molecule has 3 nitrogen and oxygen atoms in total. The molecule has 0 aromatic carbocycles. The standard InChI is InChI=1S/C14H28N2O/c1-4-5-6-7-8-13(17)16-10-9-14(2,3)12(15)11-16/h12H,4-11,15H2,1-3H3. The number of hydrogen-bond donors (Lipinski definition) is 1. The molecule has 1 atom stereocenters. The summed E-state index contributed by atoms with van der Waals surface area (Å²) in [6.07, 6.45) is 6.38. The Bertz CT molecular complexity index is 251. The molecule has 2 N–H and O–H groups in total. The molecule has 1 aliphatic heterocycles. The van der Waals surface area contributed by atoms with E-state index in [1.807, 2.05) is 4.90 Å². The molecule has 1 fully saturated rings. The maximum Gasteiger partial charge on any atom is 0.222 e. The van der Waals surface area contributed by atoms with Crippen molar-refractivity contribution in [1.29, 1.82) is 0 Å². The molecule has 1 unspecified atom stereocenters. The monoisotopic (exact) mass is 240 g/mol. The first-order chi connectivity index (χ1) is 7.97. The fourth-order valence-electron chi connectivity index (χ4n) is 2.27. The number of piperidine rings is 1. The third-order valence-electron chi connectivity index (χ3n) is 4.04. The highest BCUT2D eigenvalue weighted by Gasteiger charge is 2.34. The Morgan fingerprint density at radius 3 is 2.65 bits per heavy atom. The second-order valence-electron chi connectivity index (χ2n) is 6.00. The van der Waals surface area contributed by atoms with Crippen LogP contribution in [0.15, 0.2) is 0 Å². The molecule has 0 spiro atoms. The van der Waals surface area contributed by atoms with E-state index in [2.05, 4.69) is 20.8 Å². The number of nitrogens with two attached hydrogens (primary N) is 1. The van der Waals surface area contributed by atoms with E-state index in [4.69, 9.17) is 5.73 Å². The van der Waals surface area contributed by atoms with Gasteiger partial charge in [-0.3, -0.25) is 4.79 Å². The van der Waals surface area contributed by atoms with Gasteiger partial charge in [0.05, 0.1) is 0 Å². The summed E-state index contributed by atoms with van der Waals surface area (Å²) in [6, 6.07) is 0.121. The van der Waals surface area contributed by atoms with Crippen molar-refractivity contribution >= 4 is 5.91 Å². The van der Waals surface area contributed by atoms with Crippen molar-refractivity contribution < 1.29 is 4.79 Å². The van der Waals surface area contributed by atoms with E-state index < -0.39 is 0 Å². The zero-order valence-electron chi connectivity index (χ0n) is 11.7. The molecule has 0 saturated carbocycles. The predicted octanol–water partition coefficient (Wildman–Crippen LogP) is 2.54. The van der Waals surface area contributed by atoms with E-state index in [1.54, 1.807) is 0 Å². The molecule has 0 radical (unpaired) electrons.